The maximum absolute atomic E-state index is 14.0. The van der Waals surface area contributed by atoms with Crippen LogP contribution in [0.3, 0.4) is 0 Å². The standard InChI is InChI=1S/C15H17FN4O2S2/c1-2-3-4-7-22-13-6-5-10(8-11(13)16)17-15(23)18-14(21)12-9-24-20-19-12/h5-6,8-9H,2-4,7H2,1H3,(H2,17,18,21,23). The van der Waals surface area contributed by atoms with E-state index in [1.807, 2.05) is 0 Å². The summed E-state index contributed by atoms with van der Waals surface area (Å²) in [5.74, 6) is -0.771. The first-order valence-corrected chi connectivity index (χ1v) is 8.66. The van der Waals surface area contributed by atoms with Crippen LogP contribution in [0.2, 0.25) is 0 Å². The number of nitrogens with zero attached hydrogens (tertiary/aromatic N) is 2. The van der Waals surface area contributed by atoms with Gasteiger partial charge in [-0.15, -0.1) is 5.10 Å². The first-order valence-electron chi connectivity index (χ1n) is 7.42. The number of hydrogen-bond donors (Lipinski definition) is 2. The van der Waals surface area contributed by atoms with Gasteiger partial charge in [0.05, 0.1) is 6.61 Å². The number of anilines is 1. The van der Waals surface area contributed by atoms with Gasteiger partial charge in [0.25, 0.3) is 5.91 Å². The van der Waals surface area contributed by atoms with Gasteiger partial charge in [0.15, 0.2) is 22.4 Å². The lowest BCUT2D eigenvalue weighted by Gasteiger charge is -2.11. The van der Waals surface area contributed by atoms with Crippen molar-refractivity contribution in [3.8, 4) is 5.75 Å². The Morgan fingerprint density at radius 2 is 2.25 bits per heavy atom. The molecule has 128 valence electrons. The molecule has 0 atom stereocenters. The highest BCUT2D eigenvalue weighted by Gasteiger charge is 2.11. The molecule has 0 saturated heterocycles. The molecule has 0 aliphatic rings. The molecule has 1 aromatic heterocycles. The number of amides is 1. The lowest BCUT2D eigenvalue weighted by Crippen LogP contribution is -2.34. The second-order valence-corrected chi connectivity index (χ2v) is 5.92. The summed E-state index contributed by atoms with van der Waals surface area (Å²) in [4.78, 5) is 11.8. The Balaban J connectivity index is 1.87. The molecule has 6 nitrogen and oxygen atoms in total. The van der Waals surface area contributed by atoms with Crippen LogP contribution in [-0.4, -0.2) is 27.2 Å². The summed E-state index contributed by atoms with van der Waals surface area (Å²) in [5, 5.41) is 10.4. The lowest BCUT2D eigenvalue weighted by molar-refractivity contribution is 0.0973. The molecular weight excluding hydrogens is 351 g/mol. The van der Waals surface area contributed by atoms with Crippen molar-refractivity contribution in [3.63, 3.8) is 0 Å². The maximum Gasteiger partial charge on any atom is 0.278 e. The molecule has 2 N–H and O–H groups in total. The third-order valence-corrected chi connectivity index (χ3v) is 3.72. The van der Waals surface area contributed by atoms with Crippen LogP contribution in [0.5, 0.6) is 5.75 Å². The summed E-state index contributed by atoms with van der Waals surface area (Å²) in [7, 11) is 0. The van der Waals surface area contributed by atoms with E-state index >= 15 is 0 Å². The van der Waals surface area contributed by atoms with Crippen molar-refractivity contribution >= 4 is 40.5 Å². The summed E-state index contributed by atoms with van der Waals surface area (Å²) < 4.78 is 23.0. The Hall–Kier alpha value is -2.13. The lowest BCUT2D eigenvalue weighted by atomic mass is 10.2. The van der Waals surface area contributed by atoms with Gasteiger partial charge >= 0.3 is 0 Å². The Labute approximate surface area is 148 Å². The summed E-state index contributed by atoms with van der Waals surface area (Å²) >= 11 is 6.08. The number of benzene rings is 1. The van der Waals surface area contributed by atoms with E-state index in [1.165, 1.54) is 17.5 Å². The molecule has 0 bridgehead atoms. The van der Waals surface area contributed by atoms with Gasteiger partial charge in [-0.25, -0.2) is 4.39 Å². The van der Waals surface area contributed by atoms with Crippen LogP contribution in [0.25, 0.3) is 0 Å². The second kappa shape index (κ2) is 9.24. The van der Waals surface area contributed by atoms with E-state index in [-0.39, 0.29) is 16.6 Å². The molecule has 2 aromatic rings. The van der Waals surface area contributed by atoms with E-state index < -0.39 is 11.7 Å². The molecular formula is C15H17FN4O2S2. The number of halogens is 1. The van der Waals surface area contributed by atoms with E-state index in [4.69, 9.17) is 17.0 Å². The van der Waals surface area contributed by atoms with E-state index in [2.05, 4.69) is 27.1 Å². The Bertz CT molecular complexity index is 695. The smallest absolute Gasteiger partial charge is 0.278 e. The summed E-state index contributed by atoms with van der Waals surface area (Å²) in [6.45, 7) is 2.57. The molecule has 1 aromatic carbocycles. The van der Waals surface area contributed by atoms with Crippen molar-refractivity contribution in [1.29, 1.82) is 0 Å². The highest BCUT2D eigenvalue weighted by molar-refractivity contribution is 7.80. The van der Waals surface area contributed by atoms with Crippen LogP contribution in [0.1, 0.15) is 36.7 Å². The van der Waals surface area contributed by atoms with E-state index in [0.29, 0.717) is 12.3 Å². The summed E-state index contributed by atoms with van der Waals surface area (Å²) in [6.07, 6.45) is 3.01. The molecule has 1 amide bonds. The maximum atomic E-state index is 14.0. The number of nitrogens with one attached hydrogen (secondary N) is 2. The van der Waals surface area contributed by atoms with Gasteiger partial charge in [0.1, 0.15) is 0 Å². The van der Waals surface area contributed by atoms with E-state index in [9.17, 15) is 9.18 Å². The average Bonchev–Trinajstić information content (AvgIpc) is 3.07. The van der Waals surface area contributed by atoms with Crippen molar-refractivity contribution in [3.05, 3.63) is 35.1 Å². The fourth-order valence-corrected chi connectivity index (χ4v) is 2.47. The molecule has 0 aliphatic heterocycles. The summed E-state index contributed by atoms with van der Waals surface area (Å²) in [5.41, 5.74) is 0.585. The van der Waals surface area contributed by atoms with Crippen LogP contribution in [0.15, 0.2) is 23.6 Å². The summed E-state index contributed by atoms with van der Waals surface area (Å²) in [6, 6.07) is 4.41. The average molecular weight is 368 g/mol. The van der Waals surface area contributed by atoms with E-state index in [1.54, 1.807) is 6.07 Å². The largest absolute Gasteiger partial charge is 0.491 e. The minimum Gasteiger partial charge on any atom is -0.491 e. The van der Waals surface area contributed by atoms with Crippen LogP contribution < -0.4 is 15.4 Å². The molecule has 0 fully saturated rings. The van der Waals surface area contributed by atoms with Crippen LogP contribution in [0.4, 0.5) is 10.1 Å². The van der Waals surface area contributed by atoms with Crippen molar-refractivity contribution in [2.75, 3.05) is 11.9 Å². The third-order valence-electron chi connectivity index (χ3n) is 3.01. The van der Waals surface area contributed by atoms with Gasteiger partial charge in [0.2, 0.25) is 0 Å². The second-order valence-electron chi connectivity index (χ2n) is 4.90. The zero-order chi connectivity index (χ0) is 17.4. The predicted molar refractivity (Wildman–Crippen MR) is 95.0 cm³/mol. The number of hydrogen-bond acceptors (Lipinski definition) is 6. The molecule has 0 saturated carbocycles. The van der Waals surface area contributed by atoms with Crippen molar-refractivity contribution in [2.45, 2.75) is 26.2 Å². The number of carbonyl (C=O) groups excluding carboxylic acids is 1. The Kier molecular flexibility index (Phi) is 7.01. The SMILES string of the molecule is CCCCCOc1ccc(NC(=S)NC(=O)c2csnn2)cc1F. The number of rotatable bonds is 7. The zero-order valence-electron chi connectivity index (χ0n) is 13.0. The van der Waals surface area contributed by atoms with Gasteiger partial charge < -0.3 is 10.1 Å². The molecule has 9 heteroatoms. The zero-order valence-corrected chi connectivity index (χ0v) is 14.7. The topological polar surface area (TPSA) is 76.1 Å². The number of unbranched alkanes of at least 4 members (excludes halogenated alkanes) is 2. The number of aromatic nitrogens is 2. The third kappa shape index (κ3) is 5.50. The molecule has 0 radical (unpaired) electrons. The van der Waals surface area contributed by atoms with Crippen LogP contribution in [0, 0.1) is 5.82 Å². The van der Waals surface area contributed by atoms with Gasteiger partial charge in [0, 0.05) is 17.1 Å². The van der Waals surface area contributed by atoms with Crippen molar-refractivity contribution in [1.82, 2.24) is 14.9 Å². The van der Waals surface area contributed by atoms with Gasteiger partial charge in [-0.3, -0.25) is 10.1 Å². The van der Waals surface area contributed by atoms with Crippen LogP contribution >= 0.6 is 23.8 Å². The highest BCUT2D eigenvalue weighted by atomic mass is 32.1. The Morgan fingerprint density at radius 3 is 2.92 bits per heavy atom. The minimum absolute atomic E-state index is 0.0454. The number of carbonyl (C=O) groups is 1. The quantitative estimate of drug-likeness (QED) is 0.576. The fraction of sp³-hybridized carbons (Fsp3) is 0.333. The van der Waals surface area contributed by atoms with Crippen molar-refractivity contribution in [2.24, 2.45) is 0 Å². The van der Waals surface area contributed by atoms with Gasteiger partial charge in [-0.2, -0.15) is 0 Å². The van der Waals surface area contributed by atoms with Crippen LogP contribution in [-0.2, 0) is 0 Å². The normalized spacial score (nSPS) is 10.2. The molecule has 0 unspecified atom stereocenters. The molecule has 0 aliphatic carbocycles. The van der Waals surface area contributed by atoms with Crippen molar-refractivity contribution < 1.29 is 13.9 Å². The molecule has 1 heterocycles. The fourth-order valence-electron chi connectivity index (χ4n) is 1.82. The van der Waals surface area contributed by atoms with Gasteiger partial charge in [-0.1, -0.05) is 24.3 Å². The number of ether oxygens (including phenoxy) is 1. The Morgan fingerprint density at radius 1 is 1.42 bits per heavy atom. The van der Waals surface area contributed by atoms with E-state index in [0.717, 1.165) is 30.8 Å². The monoisotopic (exact) mass is 368 g/mol. The predicted octanol–water partition coefficient (Wildman–Crippen LogP) is 3.37. The molecule has 24 heavy (non-hydrogen) atoms. The molecule has 0 spiro atoms. The first-order chi connectivity index (χ1) is 11.6. The minimum atomic E-state index is -0.491. The number of thiocarbonyl (C=S) groups is 1. The first kappa shape index (κ1) is 18.2. The molecule has 2 rings (SSSR count). The highest BCUT2D eigenvalue weighted by Crippen LogP contribution is 2.21. The van der Waals surface area contributed by atoms with Gasteiger partial charge in [-0.05, 0) is 42.3 Å².